The predicted molar refractivity (Wildman–Crippen MR) is 60.5 cm³/mol. The molecule has 2 nitrogen and oxygen atoms in total. The van der Waals surface area contributed by atoms with Crippen LogP contribution >= 0.6 is 0 Å². The largest absolute Gasteiger partial charge is 0.314 e. The Hall–Kier alpha value is -0.0800. The molecule has 14 heavy (non-hydrogen) atoms. The molecule has 2 fully saturated rings. The lowest BCUT2D eigenvalue weighted by Crippen LogP contribution is -2.54. The maximum atomic E-state index is 3.57. The lowest BCUT2D eigenvalue weighted by molar-refractivity contribution is 0.0246. The second-order valence-electron chi connectivity index (χ2n) is 5.33. The Morgan fingerprint density at radius 1 is 1.21 bits per heavy atom. The Balaban J connectivity index is 1.90. The van der Waals surface area contributed by atoms with Gasteiger partial charge in [0.15, 0.2) is 0 Å². The van der Waals surface area contributed by atoms with Gasteiger partial charge in [0.05, 0.1) is 0 Å². The molecule has 1 atom stereocenters. The standard InChI is InChI=1S/C12H24N2/c1-11-5-10-14(9-4-8-13-11)12(2)6-3-7-12/h11,13H,3-10H2,1-2H3. The van der Waals surface area contributed by atoms with Gasteiger partial charge in [-0.3, -0.25) is 4.90 Å². The van der Waals surface area contributed by atoms with Crippen molar-refractivity contribution in [3.05, 3.63) is 0 Å². The van der Waals surface area contributed by atoms with Crippen molar-refractivity contribution >= 4 is 0 Å². The fraction of sp³-hybridized carbons (Fsp3) is 1.00. The second kappa shape index (κ2) is 4.19. The molecule has 1 heterocycles. The van der Waals surface area contributed by atoms with Crippen LogP contribution in [0, 0.1) is 0 Å². The van der Waals surface area contributed by atoms with Crippen LogP contribution in [0.25, 0.3) is 0 Å². The van der Waals surface area contributed by atoms with E-state index < -0.39 is 0 Å². The predicted octanol–water partition coefficient (Wildman–Crippen LogP) is 2.00. The summed E-state index contributed by atoms with van der Waals surface area (Å²) in [5.74, 6) is 0. The lowest BCUT2D eigenvalue weighted by atomic mass is 9.76. The Labute approximate surface area is 88.1 Å². The smallest absolute Gasteiger partial charge is 0.0181 e. The number of hydrogen-bond donors (Lipinski definition) is 1. The molecular formula is C12H24N2. The normalized spacial score (nSPS) is 34.3. The fourth-order valence-electron chi connectivity index (χ4n) is 2.73. The van der Waals surface area contributed by atoms with Crippen LogP contribution in [-0.4, -0.2) is 36.1 Å². The van der Waals surface area contributed by atoms with Gasteiger partial charge in [-0.25, -0.2) is 0 Å². The molecule has 0 aromatic carbocycles. The van der Waals surface area contributed by atoms with Crippen molar-refractivity contribution in [1.82, 2.24) is 10.2 Å². The first-order chi connectivity index (χ1) is 6.71. The van der Waals surface area contributed by atoms with Crippen molar-refractivity contribution in [3.63, 3.8) is 0 Å². The first kappa shape index (κ1) is 10.4. The van der Waals surface area contributed by atoms with Gasteiger partial charge >= 0.3 is 0 Å². The molecule has 1 aliphatic heterocycles. The van der Waals surface area contributed by atoms with Gasteiger partial charge in [-0.15, -0.1) is 0 Å². The van der Waals surface area contributed by atoms with Crippen molar-refractivity contribution < 1.29 is 0 Å². The van der Waals surface area contributed by atoms with E-state index in [-0.39, 0.29) is 0 Å². The van der Waals surface area contributed by atoms with E-state index in [0.29, 0.717) is 11.6 Å². The summed E-state index contributed by atoms with van der Waals surface area (Å²) in [4.78, 5) is 2.74. The molecule has 2 aliphatic rings. The molecule has 1 aliphatic carbocycles. The molecule has 2 rings (SSSR count). The summed E-state index contributed by atoms with van der Waals surface area (Å²) in [6, 6.07) is 0.710. The van der Waals surface area contributed by atoms with Gasteiger partial charge in [-0.2, -0.15) is 0 Å². The van der Waals surface area contributed by atoms with Crippen molar-refractivity contribution in [2.24, 2.45) is 0 Å². The molecule has 0 bridgehead atoms. The van der Waals surface area contributed by atoms with E-state index >= 15 is 0 Å². The monoisotopic (exact) mass is 196 g/mol. The molecule has 1 unspecified atom stereocenters. The third kappa shape index (κ3) is 2.12. The van der Waals surface area contributed by atoms with E-state index in [1.807, 2.05) is 0 Å². The first-order valence-electron chi connectivity index (χ1n) is 6.19. The molecule has 0 aromatic heterocycles. The molecule has 0 radical (unpaired) electrons. The number of nitrogens with one attached hydrogen (secondary N) is 1. The van der Waals surface area contributed by atoms with Crippen molar-refractivity contribution in [3.8, 4) is 0 Å². The molecule has 1 saturated heterocycles. The van der Waals surface area contributed by atoms with Crippen LogP contribution in [0.3, 0.4) is 0 Å². The maximum absolute atomic E-state index is 3.57. The summed E-state index contributed by atoms with van der Waals surface area (Å²) in [6.45, 7) is 8.57. The molecule has 1 saturated carbocycles. The minimum atomic E-state index is 0.567. The van der Waals surface area contributed by atoms with Crippen LogP contribution < -0.4 is 5.32 Å². The fourth-order valence-corrected chi connectivity index (χ4v) is 2.73. The zero-order valence-electron chi connectivity index (χ0n) is 9.68. The van der Waals surface area contributed by atoms with Gasteiger partial charge in [0.25, 0.3) is 0 Å². The molecule has 0 amide bonds. The minimum Gasteiger partial charge on any atom is -0.314 e. The minimum absolute atomic E-state index is 0.567. The summed E-state index contributed by atoms with van der Waals surface area (Å²) in [7, 11) is 0. The highest BCUT2D eigenvalue weighted by atomic mass is 15.2. The zero-order valence-corrected chi connectivity index (χ0v) is 9.68. The average Bonchev–Trinajstić information content (AvgIpc) is 2.09. The van der Waals surface area contributed by atoms with Crippen LogP contribution in [0.2, 0.25) is 0 Å². The van der Waals surface area contributed by atoms with E-state index in [1.165, 1.54) is 51.7 Å². The van der Waals surface area contributed by atoms with E-state index in [2.05, 4.69) is 24.1 Å². The van der Waals surface area contributed by atoms with E-state index in [9.17, 15) is 0 Å². The molecule has 1 N–H and O–H groups in total. The summed E-state index contributed by atoms with van der Waals surface area (Å²) >= 11 is 0. The van der Waals surface area contributed by atoms with Gasteiger partial charge in [-0.1, -0.05) is 0 Å². The summed E-state index contributed by atoms with van der Waals surface area (Å²) in [5.41, 5.74) is 0.567. The van der Waals surface area contributed by atoms with Crippen LogP contribution in [0.1, 0.15) is 46.0 Å². The third-order valence-electron chi connectivity index (χ3n) is 4.12. The highest BCUT2D eigenvalue weighted by molar-refractivity contribution is 4.94. The number of hydrogen-bond acceptors (Lipinski definition) is 2. The van der Waals surface area contributed by atoms with Gasteiger partial charge < -0.3 is 5.32 Å². The van der Waals surface area contributed by atoms with Crippen LogP contribution in [0.4, 0.5) is 0 Å². The zero-order chi connectivity index (χ0) is 10.0. The Bertz CT molecular complexity index is 187. The maximum Gasteiger partial charge on any atom is 0.0181 e. The average molecular weight is 196 g/mol. The SMILES string of the molecule is CC1CCN(C2(C)CCC2)CCCN1. The molecule has 0 spiro atoms. The summed E-state index contributed by atoms with van der Waals surface area (Å²) < 4.78 is 0. The Morgan fingerprint density at radius 2 is 2.00 bits per heavy atom. The van der Waals surface area contributed by atoms with Crippen molar-refractivity contribution in [2.45, 2.75) is 57.5 Å². The number of rotatable bonds is 1. The quantitative estimate of drug-likeness (QED) is 0.690. The molecular weight excluding hydrogens is 172 g/mol. The summed E-state index contributed by atoms with van der Waals surface area (Å²) in [5, 5.41) is 3.57. The molecule has 82 valence electrons. The van der Waals surface area contributed by atoms with Crippen LogP contribution in [0.5, 0.6) is 0 Å². The third-order valence-corrected chi connectivity index (χ3v) is 4.12. The Morgan fingerprint density at radius 3 is 2.64 bits per heavy atom. The molecule has 0 aromatic rings. The van der Waals surface area contributed by atoms with Gasteiger partial charge in [0.1, 0.15) is 0 Å². The van der Waals surface area contributed by atoms with Gasteiger partial charge in [0.2, 0.25) is 0 Å². The number of nitrogens with zero attached hydrogens (tertiary/aromatic N) is 1. The van der Waals surface area contributed by atoms with E-state index in [0.717, 1.165) is 0 Å². The Kier molecular flexibility index (Phi) is 3.13. The van der Waals surface area contributed by atoms with Crippen molar-refractivity contribution in [1.29, 1.82) is 0 Å². The lowest BCUT2D eigenvalue weighted by Gasteiger charge is -2.49. The van der Waals surface area contributed by atoms with Gasteiger partial charge in [-0.05, 0) is 59.0 Å². The topological polar surface area (TPSA) is 15.3 Å². The highest BCUT2D eigenvalue weighted by Crippen LogP contribution is 2.37. The first-order valence-corrected chi connectivity index (χ1v) is 6.19. The van der Waals surface area contributed by atoms with Crippen LogP contribution in [-0.2, 0) is 0 Å². The van der Waals surface area contributed by atoms with Gasteiger partial charge in [0, 0.05) is 18.1 Å². The molecule has 2 heteroatoms. The van der Waals surface area contributed by atoms with E-state index in [1.54, 1.807) is 0 Å². The highest BCUT2D eigenvalue weighted by Gasteiger charge is 2.37. The van der Waals surface area contributed by atoms with Crippen molar-refractivity contribution in [2.75, 3.05) is 19.6 Å². The van der Waals surface area contributed by atoms with E-state index in [4.69, 9.17) is 0 Å². The summed E-state index contributed by atoms with van der Waals surface area (Å²) in [6.07, 6.45) is 6.93. The second-order valence-corrected chi connectivity index (χ2v) is 5.33. The van der Waals surface area contributed by atoms with Crippen LogP contribution in [0.15, 0.2) is 0 Å².